The van der Waals surface area contributed by atoms with Crippen LogP contribution in [-0.2, 0) is 22.3 Å². The molecule has 6 rings (SSSR count). The van der Waals surface area contributed by atoms with Gasteiger partial charge < -0.3 is 19.4 Å². The van der Waals surface area contributed by atoms with E-state index < -0.39 is 11.9 Å². The molecular formula is C30H39F3N8O2. The van der Waals surface area contributed by atoms with Gasteiger partial charge >= 0.3 is 6.18 Å². The second-order valence-electron chi connectivity index (χ2n) is 11.8. The van der Waals surface area contributed by atoms with Gasteiger partial charge in [0, 0.05) is 76.1 Å². The van der Waals surface area contributed by atoms with E-state index in [9.17, 15) is 18.0 Å². The third-order valence-corrected chi connectivity index (χ3v) is 9.36. The predicted molar refractivity (Wildman–Crippen MR) is 157 cm³/mol. The Morgan fingerprint density at radius 2 is 1.86 bits per heavy atom. The van der Waals surface area contributed by atoms with E-state index in [1.54, 1.807) is 18.1 Å². The van der Waals surface area contributed by atoms with E-state index in [1.165, 1.54) is 11.8 Å². The maximum absolute atomic E-state index is 14.4. The van der Waals surface area contributed by atoms with Crippen LogP contribution in [0.2, 0.25) is 0 Å². The van der Waals surface area contributed by atoms with Crippen molar-refractivity contribution in [2.24, 2.45) is 0 Å². The molecule has 0 N–H and O–H groups in total. The average molecular weight is 601 g/mol. The van der Waals surface area contributed by atoms with Crippen LogP contribution in [0.15, 0.2) is 24.9 Å². The summed E-state index contributed by atoms with van der Waals surface area (Å²) in [6.07, 6.45) is 4.15. The quantitative estimate of drug-likeness (QED) is 0.448. The second-order valence-corrected chi connectivity index (χ2v) is 11.8. The van der Waals surface area contributed by atoms with Crippen molar-refractivity contribution in [3.8, 4) is 0 Å². The number of hydrogen-bond acceptors (Lipinski definition) is 8. The van der Waals surface area contributed by atoms with Gasteiger partial charge in [-0.25, -0.2) is 4.98 Å². The third kappa shape index (κ3) is 5.64. The van der Waals surface area contributed by atoms with Crippen molar-refractivity contribution >= 4 is 23.7 Å². The highest BCUT2D eigenvalue weighted by atomic mass is 19.4. The summed E-state index contributed by atoms with van der Waals surface area (Å²) in [4.78, 5) is 29.0. The molecule has 2 atom stereocenters. The number of fused-ring (bicyclic) bond motifs is 3. The Labute approximate surface area is 249 Å². The van der Waals surface area contributed by atoms with Crippen LogP contribution in [-0.4, -0.2) is 107 Å². The van der Waals surface area contributed by atoms with Gasteiger partial charge in [-0.3, -0.25) is 14.4 Å². The molecule has 4 aliphatic heterocycles. The summed E-state index contributed by atoms with van der Waals surface area (Å²) in [5.74, 6) is 0.692. The predicted octanol–water partition coefficient (Wildman–Crippen LogP) is 3.34. The number of rotatable bonds is 7. The number of carbonyl (C=O) groups is 1. The van der Waals surface area contributed by atoms with Crippen LogP contribution >= 0.6 is 0 Å². The van der Waals surface area contributed by atoms with Crippen molar-refractivity contribution in [3.05, 3.63) is 47.4 Å². The maximum Gasteiger partial charge on any atom is 0.434 e. The van der Waals surface area contributed by atoms with Crippen LogP contribution in [0, 0.1) is 6.92 Å². The molecule has 4 aliphatic rings. The molecule has 43 heavy (non-hydrogen) atoms. The van der Waals surface area contributed by atoms with Gasteiger partial charge in [0.25, 0.3) is 0 Å². The van der Waals surface area contributed by atoms with E-state index in [4.69, 9.17) is 9.72 Å². The number of hydrogen-bond donors (Lipinski definition) is 0. The number of piperazine rings is 1. The van der Waals surface area contributed by atoms with Crippen molar-refractivity contribution in [1.29, 1.82) is 0 Å². The number of carbonyl (C=O) groups excluding carboxylic acids is 1. The lowest BCUT2D eigenvalue weighted by Crippen LogP contribution is -2.69. The molecule has 0 aliphatic carbocycles. The minimum Gasteiger partial charge on any atom is -0.383 e. The minimum atomic E-state index is -4.60. The van der Waals surface area contributed by atoms with Crippen molar-refractivity contribution in [2.75, 3.05) is 69.3 Å². The van der Waals surface area contributed by atoms with Crippen molar-refractivity contribution < 1.29 is 22.7 Å². The van der Waals surface area contributed by atoms with Gasteiger partial charge in [0.05, 0.1) is 25.4 Å². The Morgan fingerprint density at radius 3 is 2.53 bits per heavy atom. The lowest BCUT2D eigenvalue weighted by molar-refractivity contribution is -0.141. The van der Waals surface area contributed by atoms with Crippen LogP contribution in [0.25, 0.3) is 6.08 Å². The summed E-state index contributed by atoms with van der Waals surface area (Å²) in [6, 6.07) is 0.204. The van der Waals surface area contributed by atoms with Gasteiger partial charge in [-0.1, -0.05) is 18.7 Å². The van der Waals surface area contributed by atoms with E-state index in [1.807, 2.05) is 33.7 Å². The van der Waals surface area contributed by atoms with E-state index in [-0.39, 0.29) is 35.4 Å². The van der Waals surface area contributed by atoms with Gasteiger partial charge in [0.1, 0.15) is 5.82 Å². The highest BCUT2D eigenvalue weighted by molar-refractivity contribution is 5.87. The molecule has 0 aromatic carbocycles. The van der Waals surface area contributed by atoms with E-state index in [0.717, 1.165) is 31.5 Å². The van der Waals surface area contributed by atoms with Crippen LogP contribution in [0.1, 0.15) is 47.7 Å². The second kappa shape index (κ2) is 11.9. The minimum absolute atomic E-state index is 0.0177. The standard InChI is InChI=1S/C30H39F3N8O2/c1-4-25(42)38-14-12-37(13-15-38)24-19-40-23(24)7-5-6-22-27(30(31,32)33)35-29(36-28(22)40)39-10-8-21(9-11-39)26-20(2)18-34-41(26)16-17-43-3/h4-6,18,21,23-24H,1,7-17,19H2,2-3H3/t23-,24+/m0/s1. The van der Waals surface area contributed by atoms with Gasteiger partial charge in [-0.05, 0) is 37.8 Å². The first-order valence-corrected chi connectivity index (χ1v) is 15.0. The molecule has 2 aromatic heterocycles. The fourth-order valence-electron chi connectivity index (χ4n) is 7.05. The summed E-state index contributed by atoms with van der Waals surface area (Å²) in [5, 5.41) is 4.51. The molecule has 0 spiro atoms. The zero-order chi connectivity index (χ0) is 30.3. The number of aromatic nitrogens is 4. The zero-order valence-corrected chi connectivity index (χ0v) is 24.8. The van der Waals surface area contributed by atoms with Gasteiger partial charge in [-0.2, -0.15) is 23.3 Å². The normalized spacial score (nSPS) is 23.0. The number of piperidine rings is 1. The lowest BCUT2D eigenvalue weighted by Gasteiger charge is -2.54. The summed E-state index contributed by atoms with van der Waals surface area (Å²) < 4.78 is 50.4. The number of methoxy groups -OCH3 is 1. The number of ether oxygens (including phenoxy) is 1. The number of nitrogens with zero attached hydrogens (tertiary/aromatic N) is 8. The van der Waals surface area contributed by atoms with Gasteiger partial charge in [-0.15, -0.1) is 0 Å². The Hall–Kier alpha value is -3.45. The molecule has 3 saturated heterocycles. The van der Waals surface area contributed by atoms with E-state index in [2.05, 4.69) is 21.6 Å². The third-order valence-electron chi connectivity index (χ3n) is 9.36. The van der Waals surface area contributed by atoms with E-state index >= 15 is 0 Å². The summed E-state index contributed by atoms with van der Waals surface area (Å²) in [5.41, 5.74) is 1.46. The molecule has 6 heterocycles. The molecule has 232 valence electrons. The molecule has 3 fully saturated rings. The average Bonchev–Trinajstić information content (AvgIpc) is 3.30. The molecule has 0 unspecified atom stereocenters. The molecule has 0 bridgehead atoms. The smallest absolute Gasteiger partial charge is 0.383 e. The molecule has 2 aromatic rings. The topological polar surface area (TPSA) is 82.9 Å². The largest absolute Gasteiger partial charge is 0.434 e. The first-order valence-electron chi connectivity index (χ1n) is 15.0. The molecular weight excluding hydrogens is 561 g/mol. The Bertz CT molecular complexity index is 1380. The molecule has 10 nitrogen and oxygen atoms in total. The van der Waals surface area contributed by atoms with Crippen LogP contribution < -0.4 is 9.80 Å². The number of alkyl halides is 3. The summed E-state index contributed by atoms with van der Waals surface area (Å²) in [6.45, 7) is 11.3. The zero-order valence-electron chi connectivity index (χ0n) is 24.8. The molecule has 13 heteroatoms. The Morgan fingerprint density at radius 1 is 1.12 bits per heavy atom. The number of anilines is 2. The number of halogens is 3. The molecule has 0 radical (unpaired) electrons. The number of aryl methyl sites for hydroxylation is 1. The van der Waals surface area contributed by atoms with Crippen LogP contribution in [0.5, 0.6) is 0 Å². The van der Waals surface area contributed by atoms with E-state index in [0.29, 0.717) is 58.1 Å². The number of amides is 1. The van der Waals surface area contributed by atoms with Crippen molar-refractivity contribution in [1.82, 2.24) is 29.5 Å². The van der Waals surface area contributed by atoms with Crippen molar-refractivity contribution in [2.45, 2.75) is 56.9 Å². The Balaban J connectivity index is 1.21. The highest BCUT2D eigenvalue weighted by Crippen LogP contribution is 2.43. The monoisotopic (exact) mass is 600 g/mol. The first-order chi connectivity index (χ1) is 20.7. The molecule has 0 saturated carbocycles. The SMILES string of the molecule is C=CC(=O)N1CCN([C@@H]2CN3c4nc(N5CCC(c6c(C)cnn6CCOC)CC5)nc(C(F)(F)F)c4C=CC[C@@H]23)CC1. The van der Waals surface area contributed by atoms with Crippen molar-refractivity contribution in [3.63, 3.8) is 0 Å². The van der Waals surface area contributed by atoms with Gasteiger partial charge in [0.2, 0.25) is 11.9 Å². The fourth-order valence-corrected chi connectivity index (χ4v) is 7.05. The van der Waals surface area contributed by atoms with Crippen LogP contribution in [0.4, 0.5) is 24.9 Å². The lowest BCUT2D eigenvalue weighted by atomic mass is 9.91. The molecule has 1 amide bonds. The van der Waals surface area contributed by atoms with Crippen LogP contribution in [0.3, 0.4) is 0 Å². The first kappa shape index (κ1) is 29.6. The summed E-state index contributed by atoms with van der Waals surface area (Å²) in [7, 11) is 1.66. The highest BCUT2D eigenvalue weighted by Gasteiger charge is 2.47. The maximum atomic E-state index is 14.4. The fraction of sp³-hybridized carbons (Fsp3) is 0.600. The Kier molecular flexibility index (Phi) is 8.20. The van der Waals surface area contributed by atoms with Gasteiger partial charge in [0.15, 0.2) is 5.69 Å². The summed E-state index contributed by atoms with van der Waals surface area (Å²) >= 11 is 0.